The van der Waals surface area contributed by atoms with Gasteiger partial charge in [-0.3, -0.25) is 14.9 Å². The number of nitrogens with one attached hydrogen (secondary N) is 2. The number of hydrogen-bond donors (Lipinski definition) is 2. The molecule has 1 unspecified atom stereocenters. The molecule has 8 heteroatoms. The zero-order chi connectivity index (χ0) is 19.1. The van der Waals surface area contributed by atoms with Crippen LogP contribution in [0.2, 0.25) is 0 Å². The molecule has 0 aliphatic carbocycles. The van der Waals surface area contributed by atoms with Gasteiger partial charge >= 0.3 is 0 Å². The van der Waals surface area contributed by atoms with E-state index in [1.54, 1.807) is 4.90 Å². The van der Waals surface area contributed by atoms with Crippen LogP contribution in [0.5, 0.6) is 0 Å². The molecule has 0 saturated carbocycles. The molecular formula is C19H24N6O2. The summed E-state index contributed by atoms with van der Waals surface area (Å²) in [5, 5.41) is 14.5. The van der Waals surface area contributed by atoms with Gasteiger partial charge in [0.25, 0.3) is 0 Å². The Labute approximate surface area is 158 Å². The lowest BCUT2D eigenvalue weighted by molar-refractivity contribution is -0.142. The summed E-state index contributed by atoms with van der Waals surface area (Å²) in [5.41, 5.74) is 0.767. The van der Waals surface area contributed by atoms with Crippen molar-refractivity contribution in [2.75, 3.05) is 31.5 Å². The largest absolute Gasteiger partial charge is 0.341 e. The third-order valence-corrected chi connectivity index (χ3v) is 4.78. The summed E-state index contributed by atoms with van der Waals surface area (Å²) >= 11 is 0. The van der Waals surface area contributed by atoms with Crippen molar-refractivity contribution < 1.29 is 9.59 Å². The first-order chi connectivity index (χ1) is 13.2. The molecule has 2 saturated heterocycles. The maximum atomic E-state index is 12.8. The zero-order valence-corrected chi connectivity index (χ0v) is 15.2. The van der Waals surface area contributed by atoms with Crippen molar-refractivity contribution in [3.63, 3.8) is 0 Å². The molecule has 2 aliphatic rings. The Kier molecular flexibility index (Phi) is 6.26. The number of rotatable bonds is 4. The standard InChI is InChI=1S/C19H24N6O2/c20-14-21-19(22-15-7-2-1-3-8-15)23-16-9-6-12-25(18(16)27)13-17(26)24-10-4-5-11-24/h1-3,7-8,16H,4-6,9-13H2,(H2,21,22,23). The number of piperidine rings is 1. The molecule has 2 aliphatic heterocycles. The number of carbonyl (C=O) groups is 2. The van der Waals surface area contributed by atoms with E-state index in [1.807, 2.05) is 41.4 Å². The molecule has 1 aromatic rings. The Morgan fingerprint density at radius 2 is 1.93 bits per heavy atom. The lowest BCUT2D eigenvalue weighted by Gasteiger charge is -2.31. The first-order valence-electron chi connectivity index (χ1n) is 9.29. The maximum Gasteiger partial charge on any atom is 0.247 e. The highest BCUT2D eigenvalue weighted by Crippen LogP contribution is 2.17. The molecule has 2 fully saturated rings. The van der Waals surface area contributed by atoms with Gasteiger partial charge in [-0.25, -0.2) is 4.99 Å². The lowest BCUT2D eigenvalue weighted by atomic mass is 10.1. The number of nitriles is 1. The van der Waals surface area contributed by atoms with Crippen LogP contribution in [0, 0.1) is 11.5 Å². The number of benzene rings is 1. The smallest absolute Gasteiger partial charge is 0.247 e. The van der Waals surface area contributed by atoms with Crippen LogP contribution in [0.4, 0.5) is 5.69 Å². The molecule has 2 N–H and O–H groups in total. The van der Waals surface area contributed by atoms with Gasteiger partial charge in [0, 0.05) is 25.3 Å². The average Bonchev–Trinajstić information content (AvgIpc) is 3.21. The molecule has 2 amide bonds. The Bertz CT molecular complexity index is 736. The van der Waals surface area contributed by atoms with Crippen molar-refractivity contribution in [3.8, 4) is 6.19 Å². The highest BCUT2D eigenvalue weighted by atomic mass is 16.2. The Morgan fingerprint density at radius 3 is 2.63 bits per heavy atom. The summed E-state index contributed by atoms with van der Waals surface area (Å²) < 4.78 is 0. The number of likely N-dealkylation sites (tertiary alicyclic amines) is 2. The Morgan fingerprint density at radius 1 is 1.19 bits per heavy atom. The van der Waals surface area contributed by atoms with E-state index in [9.17, 15) is 9.59 Å². The lowest BCUT2D eigenvalue weighted by Crippen LogP contribution is -2.49. The monoisotopic (exact) mass is 368 g/mol. The minimum Gasteiger partial charge on any atom is -0.341 e. The summed E-state index contributed by atoms with van der Waals surface area (Å²) in [7, 11) is 0. The third kappa shape index (κ3) is 4.97. The van der Waals surface area contributed by atoms with Crippen molar-refractivity contribution in [1.82, 2.24) is 15.1 Å². The van der Waals surface area contributed by atoms with E-state index in [2.05, 4.69) is 15.6 Å². The van der Waals surface area contributed by atoms with Gasteiger partial charge in [0.2, 0.25) is 17.8 Å². The molecule has 0 radical (unpaired) electrons. The van der Waals surface area contributed by atoms with E-state index >= 15 is 0 Å². The van der Waals surface area contributed by atoms with E-state index in [-0.39, 0.29) is 24.3 Å². The predicted molar refractivity (Wildman–Crippen MR) is 102 cm³/mol. The molecule has 0 spiro atoms. The molecule has 0 aromatic heterocycles. The van der Waals surface area contributed by atoms with Crippen LogP contribution in [-0.2, 0) is 9.59 Å². The van der Waals surface area contributed by atoms with E-state index in [0.717, 1.165) is 38.0 Å². The van der Waals surface area contributed by atoms with Crippen LogP contribution in [0.1, 0.15) is 25.7 Å². The summed E-state index contributed by atoms with van der Waals surface area (Å²) in [4.78, 5) is 33.0. The number of nitrogens with zero attached hydrogens (tertiary/aromatic N) is 4. The summed E-state index contributed by atoms with van der Waals surface area (Å²) in [6, 6.07) is 8.71. The normalized spacial score (nSPS) is 20.3. The van der Waals surface area contributed by atoms with E-state index in [0.29, 0.717) is 13.0 Å². The van der Waals surface area contributed by atoms with Crippen molar-refractivity contribution in [2.24, 2.45) is 4.99 Å². The predicted octanol–water partition coefficient (Wildman–Crippen LogP) is 1.14. The fourth-order valence-electron chi connectivity index (χ4n) is 3.39. The van der Waals surface area contributed by atoms with E-state index in [4.69, 9.17) is 5.26 Å². The molecule has 142 valence electrons. The van der Waals surface area contributed by atoms with Gasteiger partial charge in [-0.05, 0) is 37.8 Å². The van der Waals surface area contributed by atoms with Crippen molar-refractivity contribution in [2.45, 2.75) is 31.7 Å². The second-order valence-corrected chi connectivity index (χ2v) is 6.71. The molecule has 1 atom stereocenters. The first kappa shape index (κ1) is 18.7. The number of hydrogen-bond acceptors (Lipinski definition) is 4. The molecule has 2 heterocycles. The Balaban J connectivity index is 1.66. The van der Waals surface area contributed by atoms with Crippen LogP contribution in [0.3, 0.4) is 0 Å². The van der Waals surface area contributed by atoms with Crippen LogP contribution in [0.15, 0.2) is 35.3 Å². The number of amides is 2. The minimum atomic E-state index is -0.600. The first-order valence-corrected chi connectivity index (χ1v) is 9.29. The van der Waals surface area contributed by atoms with Gasteiger partial charge in [-0.1, -0.05) is 18.2 Å². The molecule has 8 nitrogen and oxygen atoms in total. The van der Waals surface area contributed by atoms with Gasteiger partial charge in [0.15, 0.2) is 6.19 Å². The molecular weight excluding hydrogens is 344 g/mol. The molecule has 27 heavy (non-hydrogen) atoms. The molecule has 1 aromatic carbocycles. The van der Waals surface area contributed by atoms with E-state index in [1.165, 1.54) is 0 Å². The topological polar surface area (TPSA) is 101 Å². The maximum absolute atomic E-state index is 12.8. The second-order valence-electron chi connectivity index (χ2n) is 6.71. The molecule has 0 bridgehead atoms. The number of para-hydroxylation sites is 1. The molecule has 3 rings (SSSR count). The second kappa shape index (κ2) is 9.03. The van der Waals surface area contributed by atoms with Crippen molar-refractivity contribution >= 4 is 23.5 Å². The van der Waals surface area contributed by atoms with Gasteiger partial charge in [0.05, 0.1) is 6.54 Å². The van der Waals surface area contributed by atoms with Crippen LogP contribution in [-0.4, -0.2) is 59.8 Å². The Hall–Kier alpha value is -3.08. The summed E-state index contributed by atoms with van der Waals surface area (Å²) in [5.74, 6) is 0.0685. The number of aliphatic imine (C=N–C) groups is 1. The number of carbonyl (C=O) groups excluding carboxylic acids is 2. The van der Waals surface area contributed by atoms with Crippen molar-refractivity contribution in [1.29, 1.82) is 5.26 Å². The van der Waals surface area contributed by atoms with Crippen LogP contribution in [0.25, 0.3) is 0 Å². The van der Waals surface area contributed by atoms with Crippen molar-refractivity contribution in [3.05, 3.63) is 30.3 Å². The number of guanidine groups is 1. The fourth-order valence-corrected chi connectivity index (χ4v) is 3.39. The van der Waals surface area contributed by atoms with Gasteiger partial charge in [-0.2, -0.15) is 5.26 Å². The number of anilines is 1. The summed E-state index contributed by atoms with van der Waals surface area (Å²) in [6.07, 6.45) is 5.28. The average molecular weight is 368 g/mol. The quantitative estimate of drug-likeness (QED) is 0.359. The summed E-state index contributed by atoms with van der Waals surface area (Å²) in [6.45, 7) is 2.23. The zero-order valence-electron chi connectivity index (χ0n) is 15.2. The fraction of sp³-hybridized carbons (Fsp3) is 0.474. The van der Waals surface area contributed by atoms with Gasteiger partial charge in [0.1, 0.15) is 6.04 Å². The van der Waals surface area contributed by atoms with E-state index < -0.39 is 6.04 Å². The van der Waals surface area contributed by atoms with Crippen LogP contribution < -0.4 is 10.6 Å². The van der Waals surface area contributed by atoms with Gasteiger partial charge in [-0.15, -0.1) is 0 Å². The third-order valence-electron chi connectivity index (χ3n) is 4.78. The van der Waals surface area contributed by atoms with Crippen LogP contribution >= 0.6 is 0 Å². The van der Waals surface area contributed by atoms with Gasteiger partial charge < -0.3 is 15.1 Å². The highest BCUT2D eigenvalue weighted by Gasteiger charge is 2.31. The SMILES string of the molecule is N#CNC(=NC1CCCN(CC(=O)N2CCCC2)C1=O)Nc1ccccc1. The minimum absolute atomic E-state index is 0.00302. The highest BCUT2D eigenvalue weighted by molar-refractivity contribution is 5.97.